The lowest BCUT2D eigenvalue weighted by atomic mass is 10.1. The number of ether oxygens (including phenoxy) is 3. The molecule has 6 nitrogen and oxygen atoms in total. The molecule has 0 bridgehead atoms. The minimum atomic E-state index is -0.210. The van der Waals surface area contributed by atoms with Gasteiger partial charge in [0, 0.05) is 25.9 Å². The molecule has 6 heteroatoms. The van der Waals surface area contributed by atoms with E-state index in [1.807, 2.05) is 44.2 Å². The van der Waals surface area contributed by atoms with Gasteiger partial charge in [0.25, 0.3) is 5.91 Å². The minimum absolute atomic E-state index is 0.210. The first-order valence-corrected chi connectivity index (χ1v) is 9.76. The third-order valence-electron chi connectivity index (χ3n) is 4.49. The highest BCUT2D eigenvalue weighted by molar-refractivity contribution is 5.96. The van der Waals surface area contributed by atoms with E-state index >= 15 is 0 Å². The number of methoxy groups -OCH3 is 1. The molecular formula is C24H26N2O4. The largest absolute Gasteiger partial charge is 0.490 e. The van der Waals surface area contributed by atoms with Crippen LogP contribution in [0.5, 0.6) is 17.4 Å². The van der Waals surface area contributed by atoms with Crippen LogP contribution in [0.25, 0.3) is 0 Å². The van der Waals surface area contributed by atoms with E-state index in [4.69, 9.17) is 14.2 Å². The van der Waals surface area contributed by atoms with Crippen LogP contribution in [0.2, 0.25) is 0 Å². The number of para-hydroxylation sites is 1. The van der Waals surface area contributed by atoms with Gasteiger partial charge in [-0.25, -0.2) is 4.98 Å². The molecule has 0 saturated heterocycles. The van der Waals surface area contributed by atoms with Crippen molar-refractivity contribution in [2.45, 2.75) is 20.4 Å². The molecule has 156 valence electrons. The SMILES string of the molecule is COCCOc1ccccc1C(=O)NCc1ccc(Oc2cc(C)ccc2C)nc1. The number of hydrogen-bond acceptors (Lipinski definition) is 5. The highest BCUT2D eigenvalue weighted by Gasteiger charge is 2.12. The van der Waals surface area contributed by atoms with E-state index in [1.54, 1.807) is 37.6 Å². The van der Waals surface area contributed by atoms with Crippen LogP contribution in [0.15, 0.2) is 60.8 Å². The summed E-state index contributed by atoms with van der Waals surface area (Å²) in [5, 5.41) is 2.90. The van der Waals surface area contributed by atoms with Crippen molar-refractivity contribution >= 4 is 5.91 Å². The van der Waals surface area contributed by atoms with Crippen molar-refractivity contribution < 1.29 is 19.0 Å². The Balaban J connectivity index is 1.59. The average molecular weight is 406 g/mol. The molecule has 1 heterocycles. The minimum Gasteiger partial charge on any atom is -0.490 e. The second-order valence-corrected chi connectivity index (χ2v) is 6.90. The third-order valence-corrected chi connectivity index (χ3v) is 4.49. The lowest BCUT2D eigenvalue weighted by molar-refractivity contribution is 0.0943. The number of aryl methyl sites for hydroxylation is 2. The van der Waals surface area contributed by atoms with Crippen molar-refractivity contribution in [1.82, 2.24) is 10.3 Å². The molecule has 3 rings (SSSR count). The van der Waals surface area contributed by atoms with Crippen molar-refractivity contribution in [2.75, 3.05) is 20.3 Å². The van der Waals surface area contributed by atoms with E-state index in [0.29, 0.717) is 37.0 Å². The number of benzene rings is 2. The summed E-state index contributed by atoms with van der Waals surface area (Å²) in [4.78, 5) is 16.9. The summed E-state index contributed by atoms with van der Waals surface area (Å²) in [6.07, 6.45) is 1.70. The molecular weight excluding hydrogens is 380 g/mol. The summed E-state index contributed by atoms with van der Waals surface area (Å²) in [7, 11) is 1.61. The number of hydrogen-bond donors (Lipinski definition) is 1. The topological polar surface area (TPSA) is 69.7 Å². The third kappa shape index (κ3) is 5.81. The van der Waals surface area contributed by atoms with Gasteiger partial charge in [-0.3, -0.25) is 4.79 Å². The normalized spacial score (nSPS) is 10.5. The Kier molecular flexibility index (Phi) is 7.40. The molecule has 0 fully saturated rings. The van der Waals surface area contributed by atoms with Gasteiger partial charge in [-0.15, -0.1) is 0 Å². The molecule has 0 atom stereocenters. The molecule has 0 saturated carbocycles. The fourth-order valence-corrected chi connectivity index (χ4v) is 2.80. The molecule has 1 aromatic heterocycles. The van der Waals surface area contributed by atoms with Crippen molar-refractivity contribution in [3.05, 3.63) is 83.0 Å². The molecule has 2 aromatic carbocycles. The quantitative estimate of drug-likeness (QED) is 0.532. The monoisotopic (exact) mass is 406 g/mol. The first-order valence-electron chi connectivity index (χ1n) is 9.76. The maximum Gasteiger partial charge on any atom is 0.255 e. The zero-order valence-electron chi connectivity index (χ0n) is 17.5. The predicted octanol–water partition coefficient (Wildman–Crippen LogP) is 4.45. The molecule has 0 aliphatic carbocycles. The fourth-order valence-electron chi connectivity index (χ4n) is 2.80. The lowest BCUT2D eigenvalue weighted by Crippen LogP contribution is -2.23. The average Bonchev–Trinajstić information content (AvgIpc) is 2.76. The zero-order valence-corrected chi connectivity index (χ0v) is 17.5. The van der Waals surface area contributed by atoms with Crippen molar-refractivity contribution in [3.63, 3.8) is 0 Å². The highest BCUT2D eigenvalue weighted by Crippen LogP contribution is 2.24. The number of pyridine rings is 1. The first-order chi connectivity index (χ1) is 14.6. The van der Waals surface area contributed by atoms with E-state index in [9.17, 15) is 4.79 Å². The van der Waals surface area contributed by atoms with Crippen molar-refractivity contribution in [1.29, 1.82) is 0 Å². The molecule has 0 spiro atoms. The number of amides is 1. The smallest absolute Gasteiger partial charge is 0.255 e. The summed E-state index contributed by atoms with van der Waals surface area (Å²) >= 11 is 0. The summed E-state index contributed by atoms with van der Waals surface area (Å²) < 4.78 is 16.5. The van der Waals surface area contributed by atoms with Crippen LogP contribution < -0.4 is 14.8 Å². The van der Waals surface area contributed by atoms with Crippen LogP contribution in [0, 0.1) is 13.8 Å². The predicted molar refractivity (Wildman–Crippen MR) is 115 cm³/mol. The molecule has 0 unspecified atom stereocenters. The van der Waals surface area contributed by atoms with Crippen LogP contribution >= 0.6 is 0 Å². The number of aromatic nitrogens is 1. The van der Waals surface area contributed by atoms with Crippen LogP contribution in [-0.2, 0) is 11.3 Å². The Morgan fingerprint density at radius 1 is 1.00 bits per heavy atom. The number of carbonyl (C=O) groups excluding carboxylic acids is 1. The van der Waals surface area contributed by atoms with E-state index < -0.39 is 0 Å². The van der Waals surface area contributed by atoms with Gasteiger partial charge in [0.2, 0.25) is 5.88 Å². The van der Waals surface area contributed by atoms with Gasteiger partial charge in [-0.05, 0) is 48.7 Å². The van der Waals surface area contributed by atoms with E-state index in [2.05, 4.69) is 10.3 Å². The van der Waals surface area contributed by atoms with Gasteiger partial charge in [-0.1, -0.05) is 30.3 Å². The zero-order chi connectivity index (χ0) is 21.3. The fraction of sp³-hybridized carbons (Fsp3) is 0.250. The van der Waals surface area contributed by atoms with Crippen molar-refractivity contribution in [2.24, 2.45) is 0 Å². The van der Waals surface area contributed by atoms with Gasteiger partial charge < -0.3 is 19.5 Å². The van der Waals surface area contributed by atoms with Gasteiger partial charge in [0.05, 0.1) is 12.2 Å². The second kappa shape index (κ2) is 10.4. The molecule has 0 aliphatic rings. The number of rotatable bonds is 9. The summed E-state index contributed by atoms with van der Waals surface area (Å²) in [5.74, 6) is 1.62. The molecule has 1 N–H and O–H groups in total. The van der Waals surface area contributed by atoms with E-state index in [0.717, 1.165) is 22.4 Å². The van der Waals surface area contributed by atoms with Crippen LogP contribution in [-0.4, -0.2) is 31.2 Å². The summed E-state index contributed by atoms with van der Waals surface area (Å²) in [5.41, 5.74) is 3.53. The molecule has 0 radical (unpaired) electrons. The van der Waals surface area contributed by atoms with E-state index in [1.165, 1.54) is 0 Å². The van der Waals surface area contributed by atoms with Gasteiger partial charge in [0.15, 0.2) is 0 Å². The Bertz CT molecular complexity index is 987. The standard InChI is InChI=1S/C24H26N2O4/c1-17-8-9-18(2)22(14-17)30-23-11-10-19(15-25-23)16-26-24(27)20-6-4-5-7-21(20)29-13-12-28-3/h4-11,14-15H,12-13,16H2,1-3H3,(H,26,27). The number of nitrogens with zero attached hydrogens (tertiary/aromatic N) is 1. The van der Waals surface area contributed by atoms with Crippen molar-refractivity contribution in [3.8, 4) is 17.4 Å². The molecule has 3 aromatic rings. The Morgan fingerprint density at radius 3 is 2.60 bits per heavy atom. The molecule has 0 aliphatic heterocycles. The summed E-state index contributed by atoms with van der Waals surface area (Å²) in [6, 6.07) is 16.9. The Hall–Kier alpha value is -3.38. The Morgan fingerprint density at radius 2 is 1.83 bits per heavy atom. The second-order valence-electron chi connectivity index (χ2n) is 6.90. The van der Waals surface area contributed by atoms with Crippen LogP contribution in [0.1, 0.15) is 27.0 Å². The maximum absolute atomic E-state index is 12.6. The first kappa shape index (κ1) is 21.3. The van der Waals surface area contributed by atoms with Gasteiger partial charge in [-0.2, -0.15) is 0 Å². The van der Waals surface area contributed by atoms with E-state index in [-0.39, 0.29) is 5.91 Å². The summed E-state index contributed by atoms with van der Waals surface area (Å²) in [6.45, 7) is 5.20. The highest BCUT2D eigenvalue weighted by atomic mass is 16.5. The number of carbonyl (C=O) groups is 1. The van der Waals surface area contributed by atoms with Gasteiger partial charge in [0.1, 0.15) is 18.1 Å². The molecule has 30 heavy (non-hydrogen) atoms. The lowest BCUT2D eigenvalue weighted by Gasteiger charge is -2.12. The number of nitrogens with one attached hydrogen (secondary N) is 1. The van der Waals surface area contributed by atoms with Gasteiger partial charge >= 0.3 is 0 Å². The maximum atomic E-state index is 12.6. The van der Waals surface area contributed by atoms with Crippen LogP contribution in [0.3, 0.4) is 0 Å². The molecule has 1 amide bonds. The van der Waals surface area contributed by atoms with Crippen LogP contribution in [0.4, 0.5) is 0 Å². The Labute approximate surface area is 176 Å².